The van der Waals surface area contributed by atoms with Crippen LogP contribution < -0.4 is 0 Å². The minimum atomic E-state index is 0.442. The molecule has 4 rings (SSSR count). The highest BCUT2D eigenvalue weighted by molar-refractivity contribution is 5.81. The summed E-state index contributed by atoms with van der Waals surface area (Å²) in [5, 5.41) is 4.79. The number of carbonyl (C=O) groups is 1. The molecule has 0 saturated carbocycles. The van der Waals surface area contributed by atoms with Crippen molar-refractivity contribution in [2.45, 2.75) is 39.2 Å². The smallest absolute Gasteiger partial charge is 0.185 e. The number of furan rings is 1. The maximum absolute atomic E-state index is 11.1. The van der Waals surface area contributed by atoms with Crippen LogP contribution in [-0.2, 0) is 24.1 Å². The molecule has 116 valence electrons. The molecule has 0 aromatic carbocycles. The highest BCUT2D eigenvalue weighted by atomic mass is 16.5. The summed E-state index contributed by atoms with van der Waals surface area (Å²) in [5.74, 6) is 1.99. The van der Waals surface area contributed by atoms with Crippen LogP contribution in [0.3, 0.4) is 0 Å². The van der Waals surface area contributed by atoms with Crippen molar-refractivity contribution in [1.82, 2.24) is 9.78 Å². The van der Waals surface area contributed by atoms with Crippen molar-refractivity contribution in [3.63, 3.8) is 0 Å². The Morgan fingerprint density at radius 3 is 2.95 bits per heavy atom. The monoisotopic (exact) mass is 300 g/mol. The summed E-state index contributed by atoms with van der Waals surface area (Å²) in [5.41, 5.74) is 4.22. The SMILES string of the molecule is Cc1c(C=O)oc2c1-c1nn(CC3CCOCC3)cc1CC2. The van der Waals surface area contributed by atoms with Gasteiger partial charge in [0.15, 0.2) is 12.0 Å². The van der Waals surface area contributed by atoms with Gasteiger partial charge in [0.1, 0.15) is 5.76 Å². The molecule has 1 aliphatic heterocycles. The number of rotatable bonds is 3. The molecule has 2 aliphatic rings. The van der Waals surface area contributed by atoms with Crippen molar-refractivity contribution in [3.05, 3.63) is 28.8 Å². The number of aldehydes is 1. The number of hydrogen-bond acceptors (Lipinski definition) is 4. The van der Waals surface area contributed by atoms with Gasteiger partial charge in [-0.25, -0.2) is 0 Å². The summed E-state index contributed by atoms with van der Waals surface area (Å²) < 4.78 is 13.2. The molecular formula is C17H20N2O3. The van der Waals surface area contributed by atoms with E-state index < -0.39 is 0 Å². The molecule has 0 radical (unpaired) electrons. The van der Waals surface area contributed by atoms with Crippen LogP contribution in [0.5, 0.6) is 0 Å². The number of ether oxygens (including phenoxy) is 1. The Hall–Kier alpha value is -1.88. The van der Waals surface area contributed by atoms with Gasteiger partial charge in [0, 0.05) is 43.5 Å². The molecule has 0 unspecified atom stereocenters. The fourth-order valence-electron chi connectivity index (χ4n) is 3.58. The molecule has 0 spiro atoms. The lowest BCUT2D eigenvalue weighted by Gasteiger charge is -2.21. The van der Waals surface area contributed by atoms with E-state index in [4.69, 9.17) is 14.3 Å². The maximum Gasteiger partial charge on any atom is 0.185 e. The van der Waals surface area contributed by atoms with Gasteiger partial charge >= 0.3 is 0 Å². The van der Waals surface area contributed by atoms with Gasteiger partial charge < -0.3 is 9.15 Å². The first-order chi connectivity index (χ1) is 10.8. The van der Waals surface area contributed by atoms with Crippen LogP contribution in [0.2, 0.25) is 0 Å². The van der Waals surface area contributed by atoms with E-state index in [1.54, 1.807) is 0 Å². The summed E-state index contributed by atoms with van der Waals surface area (Å²) in [6.45, 7) is 4.61. The predicted octanol–water partition coefficient (Wildman–Crippen LogP) is 2.79. The Morgan fingerprint density at radius 2 is 2.18 bits per heavy atom. The zero-order chi connectivity index (χ0) is 15.1. The first-order valence-electron chi connectivity index (χ1n) is 7.98. The van der Waals surface area contributed by atoms with Crippen molar-refractivity contribution < 1.29 is 13.9 Å². The van der Waals surface area contributed by atoms with Crippen molar-refractivity contribution in [3.8, 4) is 11.3 Å². The van der Waals surface area contributed by atoms with Gasteiger partial charge in [-0.15, -0.1) is 0 Å². The summed E-state index contributed by atoms with van der Waals surface area (Å²) in [6, 6.07) is 0. The number of aromatic nitrogens is 2. The van der Waals surface area contributed by atoms with Gasteiger partial charge in [-0.2, -0.15) is 5.10 Å². The van der Waals surface area contributed by atoms with E-state index in [-0.39, 0.29) is 0 Å². The van der Waals surface area contributed by atoms with Gasteiger partial charge in [-0.05, 0) is 37.7 Å². The predicted molar refractivity (Wildman–Crippen MR) is 81.0 cm³/mol. The zero-order valence-electron chi connectivity index (χ0n) is 12.8. The van der Waals surface area contributed by atoms with E-state index in [1.165, 1.54) is 5.56 Å². The van der Waals surface area contributed by atoms with Crippen molar-refractivity contribution >= 4 is 6.29 Å². The third-order valence-corrected chi connectivity index (χ3v) is 4.85. The van der Waals surface area contributed by atoms with Crippen molar-refractivity contribution in [2.75, 3.05) is 13.2 Å². The second kappa shape index (κ2) is 5.39. The number of nitrogens with zero attached hydrogens (tertiary/aromatic N) is 2. The van der Waals surface area contributed by atoms with Gasteiger partial charge in [0.05, 0.1) is 5.69 Å². The molecule has 0 amide bonds. The number of aryl methyl sites for hydroxylation is 2. The standard InChI is InChI=1S/C17H20N2O3/c1-11-15(10-20)22-14-3-2-13-9-19(18-17(13)16(11)14)8-12-4-6-21-7-5-12/h9-10,12H,2-8H2,1H3. The van der Waals surface area contributed by atoms with Gasteiger partial charge in [-0.3, -0.25) is 9.48 Å². The number of carbonyl (C=O) groups excluding carboxylic acids is 1. The lowest BCUT2D eigenvalue weighted by atomic mass is 9.94. The van der Waals surface area contributed by atoms with Gasteiger partial charge in [-0.1, -0.05) is 0 Å². The topological polar surface area (TPSA) is 57.3 Å². The quantitative estimate of drug-likeness (QED) is 0.818. The van der Waals surface area contributed by atoms with E-state index in [2.05, 4.69) is 10.9 Å². The number of fused-ring (bicyclic) bond motifs is 3. The summed E-state index contributed by atoms with van der Waals surface area (Å²) >= 11 is 0. The van der Waals surface area contributed by atoms with E-state index >= 15 is 0 Å². The Balaban J connectivity index is 1.66. The lowest BCUT2D eigenvalue weighted by Crippen LogP contribution is -2.20. The molecule has 3 heterocycles. The zero-order valence-corrected chi connectivity index (χ0v) is 12.8. The first kappa shape index (κ1) is 13.8. The molecule has 1 aliphatic carbocycles. The molecule has 0 bridgehead atoms. The van der Waals surface area contributed by atoms with Crippen molar-refractivity contribution in [2.24, 2.45) is 5.92 Å². The Kier molecular flexibility index (Phi) is 3.37. The van der Waals surface area contributed by atoms with Crippen LogP contribution in [0.4, 0.5) is 0 Å². The summed E-state index contributed by atoms with van der Waals surface area (Å²) in [6.07, 6.45) is 6.96. The van der Waals surface area contributed by atoms with Gasteiger partial charge in [0.25, 0.3) is 0 Å². The Labute approximate surface area is 129 Å². The number of hydrogen-bond donors (Lipinski definition) is 0. The second-order valence-corrected chi connectivity index (χ2v) is 6.29. The van der Waals surface area contributed by atoms with E-state index in [0.29, 0.717) is 11.7 Å². The summed E-state index contributed by atoms with van der Waals surface area (Å²) in [7, 11) is 0. The lowest BCUT2D eigenvalue weighted by molar-refractivity contribution is 0.0602. The Bertz CT molecular complexity index is 708. The average Bonchev–Trinajstić information content (AvgIpc) is 3.08. The molecule has 2 aromatic rings. The van der Waals surface area contributed by atoms with Crippen LogP contribution in [0.1, 0.15) is 40.3 Å². The molecule has 22 heavy (non-hydrogen) atoms. The molecule has 5 nitrogen and oxygen atoms in total. The fourth-order valence-corrected chi connectivity index (χ4v) is 3.58. The molecule has 0 atom stereocenters. The molecule has 5 heteroatoms. The highest BCUT2D eigenvalue weighted by Gasteiger charge is 2.27. The minimum Gasteiger partial charge on any atom is -0.457 e. The molecule has 0 N–H and O–H groups in total. The highest BCUT2D eigenvalue weighted by Crippen LogP contribution is 2.37. The molecule has 1 saturated heterocycles. The molecule has 2 aromatic heterocycles. The van der Waals surface area contributed by atoms with Crippen molar-refractivity contribution in [1.29, 1.82) is 0 Å². The minimum absolute atomic E-state index is 0.442. The van der Waals surface area contributed by atoms with E-state index in [9.17, 15) is 4.79 Å². The third-order valence-electron chi connectivity index (χ3n) is 4.85. The maximum atomic E-state index is 11.1. The molecular weight excluding hydrogens is 280 g/mol. The van der Waals surface area contributed by atoms with Gasteiger partial charge in [0.2, 0.25) is 0 Å². The fraction of sp³-hybridized carbons (Fsp3) is 0.529. The largest absolute Gasteiger partial charge is 0.457 e. The van der Waals surface area contributed by atoms with Crippen LogP contribution in [0.25, 0.3) is 11.3 Å². The average molecular weight is 300 g/mol. The van der Waals surface area contributed by atoms with Crippen LogP contribution in [0, 0.1) is 12.8 Å². The third kappa shape index (κ3) is 2.20. The van der Waals surface area contributed by atoms with E-state index in [0.717, 1.165) is 74.3 Å². The summed E-state index contributed by atoms with van der Waals surface area (Å²) in [4.78, 5) is 11.1. The van der Waals surface area contributed by atoms with Crippen LogP contribution in [0.15, 0.2) is 10.6 Å². The van der Waals surface area contributed by atoms with Crippen LogP contribution >= 0.6 is 0 Å². The molecule has 1 fully saturated rings. The second-order valence-electron chi connectivity index (χ2n) is 6.29. The Morgan fingerprint density at radius 1 is 1.36 bits per heavy atom. The normalized spacial score (nSPS) is 18.0. The van der Waals surface area contributed by atoms with E-state index in [1.807, 2.05) is 6.92 Å². The van der Waals surface area contributed by atoms with Crippen LogP contribution in [-0.4, -0.2) is 29.3 Å². The first-order valence-corrected chi connectivity index (χ1v) is 7.98.